The zero-order valence-corrected chi connectivity index (χ0v) is 13.4. The molecule has 118 valence electrons. The van der Waals surface area contributed by atoms with Crippen molar-refractivity contribution in [3.05, 3.63) is 70.1 Å². The van der Waals surface area contributed by atoms with Gasteiger partial charge in [0.05, 0.1) is 5.39 Å². The molecule has 0 bridgehead atoms. The van der Waals surface area contributed by atoms with Crippen LogP contribution in [0.5, 0.6) is 0 Å². The number of H-pyrrole nitrogens is 1. The SMILES string of the molecule is O=c1cc(CNc2nc(-c3ccccn3)nc3sccc23)cc[nH]1. The van der Waals surface area contributed by atoms with Crippen LogP contribution in [-0.4, -0.2) is 19.9 Å². The van der Waals surface area contributed by atoms with E-state index < -0.39 is 0 Å². The Morgan fingerprint density at radius 2 is 2.12 bits per heavy atom. The Kier molecular flexibility index (Phi) is 3.76. The molecule has 6 nitrogen and oxygen atoms in total. The zero-order chi connectivity index (χ0) is 16.4. The average molecular weight is 335 g/mol. The Hall–Kier alpha value is -3.06. The molecular weight excluding hydrogens is 322 g/mol. The van der Waals surface area contributed by atoms with Crippen LogP contribution in [0.25, 0.3) is 21.7 Å². The van der Waals surface area contributed by atoms with Crippen molar-refractivity contribution in [3.8, 4) is 11.5 Å². The van der Waals surface area contributed by atoms with Crippen LogP contribution in [-0.2, 0) is 6.54 Å². The second-order valence-electron chi connectivity index (χ2n) is 5.16. The first-order chi connectivity index (χ1) is 11.8. The fourth-order valence-electron chi connectivity index (χ4n) is 2.38. The van der Waals surface area contributed by atoms with Crippen LogP contribution in [0.3, 0.4) is 0 Å². The minimum Gasteiger partial charge on any atom is -0.365 e. The van der Waals surface area contributed by atoms with Gasteiger partial charge < -0.3 is 10.3 Å². The monoisotopic (exact) mass is 335 g/mol. The molecule has 0 fully saturated rings. The van der Waals surface area contributed by atoms with E-state index in [0.717, 1.165) is 27.3 Å². The molecule has 0 saturated heterocycles. The van der Waals surface area contributed by atoms with Gasteiger partial charge in [-0.1, -0.05) is 6.07 Å². The van der Waals surface area contributed by atoms with Crippen molar-refractivity contribution in [2.24, 2.45) is 0 Å². The van der Waals surface area contributed by atoms with Gasteiger partial charge in [-0.3, -0.25) is 9.78 Å². The van der Waals surface area contributed by atoms with Gasteiger partial charge in [0, 0.05) is 25.0 Å². The van der Waals surface area contributed by atoms with Crippen molar-refractivity contribution in [2.45, 2.75) is 6.54 Å². The summed E-state index contributed by atoms with van der Waals surface area (Å²) in [4.78, 5) is 28.4. The molecule has 7 heteroatoms. The summed E-state index contributed by atoms with van der Waals surface area (Å²) in [5.74, 6) is 1.32. The van der Waals surface area contributed by atoms with E-state index in [2.05, 4.69) is 25.3 Å². The van der Waals surface area contributed by atoms with Gasteiger partial charge in [-0.2, -0.15) is 0 Å². The number of nitrogens with zero attached hydrogens (tertiary/aromatic N) is 3. The number of hydrogen-bond donors (Lipinski definition) is 2. The summed E-state index contributed by atoms with van der Waals surface area (Å²) in [5.41, 5.74) is 1.50. The minimum atomic E-state index is -0.119. The third kappa shape index (κ3) is 2.89. The number of pyridine rings is 2. The van der Waals surface area contributed by atoms with Crippen molar-refractivity contribution in [3.63, 3.8) is 0 Å². The van der Waals surface area contributed by atoms with Crippen LogP contribution in [0.4, 0.5) is 5.82 Å². The molecule has 0 spiro atoms. The van der Waals surface area contributed by atoms with Crippen molar-refractivity contribution < 1.29 is 0 Å². The predicted octanol–water partition coefficient (Wildman–Crippen LogP) is 3.05. The number of aromatic amines is 1. The number of thiophene rings is 1. The third-order valence-corrected chi connectivity index (χ3v) is 4.33. The van der Waals surface area contributed by atoms with E-state index in [1.54, 1.807) is 29.8 Å². The summed E-state index contributed by atoms with van der Waals surface area (Å²) in [6, 6.07) is 11.1. The molecule has 0 saturated carbocycles. The number of nitrogens with one attached hydrogen (secondary N) is 2. The third-order valence-electron chi connectivity index (χ3n) is 3.52. The molecule has 0 aliphatic carbocycles. The maximum absolute atomic E-state index is 11.4. The number of hydrogen-bond acceptors (Lipinski definition) is 6. The van der Waals surface area contributed by atoms with Crippen LogP contribution in [0.1, 0.15) is 5.56 Å². The van der Waals surface area contributed by atoms with Crippen molar-refractivity contribution in [2.75, 3.05) is 5.32 Å². The number of aromatic nitrogens is 4. The zero-order valence-electron chi connectivity index (χ0n) is 12.6. The fourth-order valence-corrected chi connectivity index (χ4v) is 3.15. The molecule has 0 atom stereocenters. The summed E-state index contributed by atoms with van der Waals surface area (Å²) in [5, 5.41) is 6.25. The molecule has 2 N–H and O–H groups in total. The van der Waals surface area contributed by atoms with Crippen LogP contribution < -0.4 is 10.9 Å². The summed E-state index contributed by atoms with van der Waals surface area (Å²) in [6.45, 7) is 0.507. The lowest BCUT2D eigenvalue weighted by atomic mass is 10.2. The summed E-state index contributed by atoms with van der Waals surface area (Å²) in [7, 11) is 0. The van der Waals surface area contributed by atoms with E-state index in [4.69, 9.17) is 0 Å². The standard InChI is InChI=1S/C17H13N5OS/c23-14-9-11(4-7-19-14)10-20-15-12-5-8-24-17(12)22-16(21-15)13-3-1-2-6-18-13/h1-9H,10H2,(H,19,23)(H,20,21,22). The van der Waals surface area contributed by atoms with Crippen molar-refractivity contribution >= 4 is 27.4 Å². The molecule has 4 heterocycles. The molecule has 4 rings (SSSR count). The Morgan fingerprint density at radius 3 is 2.96 bits per heavy atom. The van der Waals surface area contributed by atoms with Gasteiger partial charge in [0.25, 0.3) is 0 Å². The van der Waals surface area contributed by atoms with Crippen LogP contribution in [0.2, 0.25) is 0 Å². The minimum absolute atomic E-state index is 0.119. The highest BCUT2D eigenvalue weighted by Crippen LogP contribution is 2.28. The van der Waals surface area contributed by atoms with Gasteiger partial charge in [-0.25, -0.2) is 9.97 Å². The van der Waals surface area contributed by atoms with Crippen LogP contribution >= 0.6 is 11.3 Å². The quantitative estimate of drug-likeness (QED) is 0.599. The molecule has 0 unspecified atom stereocenters. The van der Waals surface area contributed by atoms with Crippen molar-refractivity contribution in [1.82, 2.24) is 19.9 Å². The van der Waals surface area contributed by atoms with Crippen LogP contribution in [0, 0.1) is 0 Å². The Bertz CT molecular complexity index is 1040. The fraction of sp³-hybridized carbons (Fsp3) is 0.0588. The smallest absolute Gasteiger partial charge is 0.248 e. The number of fused-ring (bicyclic) bond motifs is 1. The lowest BCUT2D eigenvalue weighted by molar-refractivity contribution is 1.08. The Morgan fingerprint density at radius 1 is 1.17 bits per heavy atom. The maximum Gasteiger partial charge on any atom is 0.248 e. The second-order valence-corrected chi connectivity index (χ2v) is 6.06. The highest BCUT2D eigenvalue weighted by Gasteiger charge is 2.11. The second kappa shape index (κ2) is 6.21. The lowest BCUT2D eigenvalue weighted by Crippen LogP contribution is -2.08. The molecular formula is C17H13N5OS. The molecule has 24 heavy (non-hydrogen) atoms. The van der Waals surface area contributed by atoms with E-state index in [1.165, 1.54) is 0 Å². The van der Waals surface area contributed by atoms with Gasteiger partial charge in [0.15, 0.2) is 5.82 Å². The van der Waals surface area contributed by atoms with E-state index >= 15 is 0 Å². The van der Waals surface area contributed by atoms with Gasteiger partial charge in [-0.15, -0.1) is 11.3 Å². The molecule has 4 aromatic heterocycles. The van der Waals surface area contributed by atoms with Gasteiger partial charge in [0.1, 0.15) is 16.3 Å². The first-order valence-electron chi connectivity index (χ1n) is 7.38. The molecule has 0 aromatic carbocycles. The van der Waals surface area contributed by atoms with E-state index in [1.807, 2.05) is 35.7 Å². The Labute approximate surface area is 141 Å². The normalized spacial score (nSPS) is 10.8. The summed E-state index contributed by atoms with van der Waals surface area (Å²) < 4.78 is 0. The van der Waals surface area contributed by atoms with Gasteiger partial charge in [-0.05, 0) is 35.2 Å². The largest absolute Gasteiger partial charge is 0.365 e. The molecule has 0 aliphatic rings. The maximum atomic E-state index is 11.4. The number of rotatable bonds is 4. The molecule has 0 aliphatic heterocycles. The predicted molar refractivity (Wildman–Crippen MR) is 95.0 cm³/mol. The highest BCUT2D eigenvalue weighted by atomic mass is 32.1. The Balaban J connectivity index is 1.71. The van der Waals surface area contributed by atoms with E-state index in [9.17, 15) is 4.79 Å². The topological polar surface area (TPSA) is 83.6 Å². The van der Waals surface area contributed by atoms with Gasteiger partial charge in [0.2, 0.25) is 5.56 Å². The lowest BCUT2D eigenvalue weighted by Gasteiger charge is -2.08. The molecule has 0 radical (unpaired) electrons. The number of anilines is 1. The summed E-state index contributed by atoms with van der Waals surface area (Å²) >= 11 is 1.56. The molecule has 0 amide bonds. The first kappa shape index (κ1) is 14.5. The van der Waals surface area contributed by atoms with E-state index in [0.29, 0.717) is 12.4 Å². The van der Waals surface area contributed by atoms with Crippen LogP contribution in [0.15, 0.2) is 59.0 Å². The highest BCUT2D eigenvalue weighted by molar-refractivity contribution is 7.16. The first-order valence-corrected chi connectivity index (χ1v) is 8.26. The van der Waals surface area contributed by atoms with Gasteiger partial charge >= 0.3 is 0 Å². The average Bonchev–Trinajstić information content (AvgIpc) is 3.09. The molecule has 4 aromatic rings. The summed E-state index contributed by atoms with van der Waals surface area (Å²) in [6.07, 6.45) is 3.36. The van der Waals surface area contributed by atoms with E-state index in [-0.39, 0.29) is 5.56 Å². The van der Waals surface area contributed by atoms with Crippen molar-refractivity contribution in [1.29, 1.82) is 0 Å².